The molecule has 0 bridgehead atoms. The zero-order valence-electron chi connectivity index (χ0n) is 18.6. The van der Waals surface area contributed by atoms with Gasteiger partial charge in [0.2, 0.25) is 5.91 Å². The highest BCUT2D eigenvalue weighted by atomic mass is 16.3. The molecule has 2 heterocycles. The summed E-state index contributed by atoms with van der Waals surface area (Å²) < 4.78 is 5.50. The van der Waals surface area contributed by atoms with Gasteiger partial charge in [-0.25, -0.2) is 0 Å². The van der Waals surface area contributed by atoms with Crippen LogP contribution < -0.4 is 0 Å². The van der Waals surface area contributed by atoms with Gasteiger partial charge in [-0.05, 0) is 38.8 Å². The largest absolute Gasteiger partial charge is 0.466 e. The maximum Gasteiger partial charge on any atom is 0.257 e. The van der Waals surface area contributed by atoms with E-state index in [-0.39, 0.29) is 11.8 Å². The molecule has 1 aromatic carbocycles. The van der Waals surface area contributed by atoms with E-state index in [1.807, 2.05) is 23.6 Å². The number of amides is 2. The number of furan rings is 1. The zero-order valence-corrected chi connectivity index (χ0v) is 18.6. The third kappa shape index (κ3) is 5.51. The van der Waals surface area contributed by atoms with E-state index in [4.69, 9.17) is 4.42 Å². The summed E-state index contributed by atoms with van der Waals surface area (Å²) in [6.45, 7) is 12.3. The van der Waals surface area contributed by atoms with Crippen molar-refractivity contribution in [3.05, 3.63) is 58.5 Å². The lowest BCUT2D eigenvalue weighted by atomic mass is 10.1. The minimum atomic E-state index is 0.0160. The summed E-state index contributed by atoms with van der Waals surface area (Å²) in [6.07, 6.45) is 0.934. The van der Waals surface area contributed by atoms with Crippen molar-refractivity contribution in [3.63, 3.8) is 0 Å². The first kappa shape index (κ1) is 22.1. The van der Waals surface area contributed by atoms with E-state index in [2.05, 4.69) is 43.0 Å². The lowest BCUT2D eigenvalue weighted by Gasteiger charge is -2.35. The fourth-order valence-electron chi connectivity index (χ4n) is 3.89. The van der Waals surface area contributed by atoms with Crippen LogP contribution in [0.5, 0.6) is 0 Å². The van der Waals surface area contributed by atoms with Crippen LogP contribution in [0.4, 0.5) is 0 Å². The number of aryl methyl sites for hydroxylation is 3. The summed E-state index contributed by atoms with van der Waals surface area (Å²) in [7, 11) is 0. The number of hydrogen-bond donors (Lipinski definition) is 0. The molecule has 3 rings (SSSR count). The highest BCUT2D eigenvalue weighted by molar-refractivity contribution is 5.95. The molecule has 1 aromatic heterocycles. The number of rotatable bonds is 7. The van der Waals surface area contributed by atoms with Crippen LogP contribution in [0.3, 0.4) is 0 Å². The number of carbonyl (C=O) groups excluding carboxylic acids is 2. The number of hydrogen-bond acceptors (Lipinski definition) is 4. The van der Waals surface area contributed by atoms with Crippen LogP contribution in [0.2, 0.25) is 0 Å². The average molecular weight is 412 g/mol. The Morgan fingerprint density at radius 3 is 2.27 bits per heavy atom. The normalized spacial score (nSPS) is 14.7. The summed E-state index contributed by atoms with van der Waals surface area (Å²) in [6, 6.07) is 10.2. The topological polar surface area (TPSA) is 57.0 Å². The molecule has 0 unspecified atom stereocenters. The summed E-state index contributed by atoms with van der Waals surface area (Å²) in [5.41, 5.74) is 3.02. The molecule has 0 saturated carbocycles. The Balaban J connectivity index is 1.53. The fourth-order valence-corrected chi connectivity index (χ4v) is 3.89. The molecule has 1 aliphatic heterocycles. The zero-order chi connectivity index (χ0) is 21.7. The molecule has 6 nitrogen and oxygen atoms in total. The molecular weight excluding hydrogens is 378 g/mol. The smallest absolute Gasteiger partial charge is 0.257 e. The van der Waals surface area contributed by atoms with Gasteiger partial charge in [0.25, 0.3) is 5.91 Å². The van der Waals surface area contributed by atoms with Crippen LogP contribution in [0, 0.1) is 20.8 Å². The summed E-state index contributed by atoms with van der Waals surface area (Å²) >= 11 is 0. The van der Waals surface area contributed by atoms with Crippen molar-refractivity contribution in [2.24, 2.45) is 0 Å². The third-order valence-corrected chi connectivity index (χ3v) is 5.63. The van der Waals surface area contributed by atoms with E-state index in [9.17, 15) is 9.59 Å². The van der Waals surface area contributed by atoms with Crippen molar-refractivity contribution in [2.75, 3.05) is 39.3 Å². The van der Waals surface area contributed by atoms with Crippen molar-refractivity contribution >= 4 is 11.8 Å². The maximum atomic E-state index is 12.9. The van der Waals surface area contributed by atoms with Crippen LogP contribution in [-0.4, -0.2) is 65.8 Å². The van der Waals surface area contributed by atoms with Gasteiger partial charge in [0, 0.05) is 39.3 Å². The first-order valence-electron chi connectivity index (χ1n) is 10.8. The Bertz CT molecular complexity index is 864. The van der Waals surface area contributed by atoms with E-state index in [1.165, 1.54) is 5.56 Å². The van der Waals surface area contributed by atoms with Gasteiger partial charge in [0.05, 0.1) is 12.1 Å². The molecule has 0 aliphatic carbocycles. The SMILES string of the molecule is CCCN(Cc1ccc(C)cc1)C(=O)CN1CCN(C(=O)c2cc(C)oc2C)CC1. The predicted molar refractivity (Wildman–Crippen MR) is 117 cm³/mol. The van der Waals surface area contributed by atoms with Crippen molar-refractivity contribution in [2.45, 2.75) is 40.7 Å². The van der Waals surface area contributed by atoms with E-state index in [0.717, 1.165) is 24.3 Å². The molecule has 1 aliphatic rings. The van der Waals surface area contributed by atoms with E-state index in [0.29, 0.717) is 50.6 Å². The molecule has 0 radical (unpaired) electrons. The number of benzene rings is 1. The first-order valence-corrected chi connectivity index (χ1v) is 10.8. The van der Waals surface area contributed by atoms with E-state index < -0.39 is 0 Å². The number of nitrogens with zero attached hydrogens (tertiary/aromatic N) is 3. The molecule has 2 aromatic rings. The molecule has 1 saturated heterocycles. The molecule has 162 valence electrons. The standard InChI is InChI=1S/C24H33N3O3/c1-5-10-27(16-21-8-6-18(2)7-9-21)23(28)17-25-11-13-26(14-12-25)24(29)22-15-19(3)30-20(22)4/h6-9,15H,5,10-14,16-17H2,1-4H3. The Morgan fingerprint density at radius 2 is 1.70 bits per heavy atom. The second kappa shape index (κ2) is 9.94. The van der Waals surface area contributed by atoms with Crippen LogP contribution in [0.25, 0.3) is 0 Å². The van der Waals surface area contributed by atoms with Gasteiger partial charge in [-0.15, -0.1) is 0 Å². The Hall–Kier alpha value is -2.60. The summed E-state index contributed by atoms with van der Waals surface area (Å²) in [4.78, 5) is 31.7. The number of carbonyl (C=O) groups is 2. The van der Waals surface area contributed by atoms with Gasteiger partial charge in [0.15, 0.2) is 0 Å². The van der Waals surface area contributed by atoms with Crippen molar-refractivity contribution in [1.82, 2.24) is 14.7 Å². The molecule has 1 fully saturated rings. The van der Waals surface area contributed by atoms with Crippen LogP contribution in [-0.2, 0) is 11.3 Å². The van der Waals surface area contributed by atoms with Crippen molar-refractivity contribution in [3.8, 4) is 0 Å². The average Bonchev–Trinajstić information content (AvgIpc) is 3.07. The Labute approximate surface area is 179 Å². The quantitative estimate of drug-likeness (QED) is 0.701. The lowest BCUT2D eigenvalue weighted by molar-refractivity contribution is -0.133. The summed E-state index contributed by atoms with van der Waals surface area (Å²) in [5.74, 6) is 1.59. The molecule has 30 heavy (non-hydrogen) atoms. The fraction of sp³-hybridized carbons (Fsp3) is 0.500. The molecule has 2 amide bonds. The third-order valence-electron chi connectivity index (χ3n) is 5.63. The summed E-state index contributed by atoms with van der Waals surface area (Å²) in [5, 5.41) is 0. The monoisotopic (exact) mass is 411 g/mol. The maximum absolute atomic E-state index is 12.9. The van der Waals surface area contributed by atoms with Crippen molar-refractivity contribution < 1.29 is 14.0 Å². The minimum Gasteiger partial charge on any atom is -0.466 e. The van der Waals surface area contributed by atoms with Crippen LogP contribution in [0.15, 0.2) is 34.7 Å². The van der Waals surface area contributed by atoms with Gasteiger partial charge < -0.3 is 14.2 Å². The van der Waals surface area contributed by atoms with E-state index in [1.54, 1.807) is 6.07 Å². The molecule has 0 atom stereocenters. The Kier molecular flexibility index (Phi) is 7.32. The molecular formula is C24H33N3O3. The highest BCUT2D eigenvalue weighted by Crippen LogP contribution is 2.17. The molecule has 0 N–H and O–H groups in total. The molecule has 6 heteroatoms. The highest BCUT2D eigenvalue weighted by Gasteiger charge is 2.26. The lowest BCUT2D eigenvalue weighted by Crippen LogP contribution is -2.51. The second-order valence-electron chi connectivity index (χ2n) is 8.20. The Morgan fingerprint density at radius 1 is 1.03 bits per heavy atom. The van der Waals surface area contributed by atoms with Crippen LogP contribution >= 0.6 is 0 Å². The van der Waals surface area contributed by atoms with Gasteiger partial charge in [-0.3, -0.25) is 14.5 Å². The second-order valence-corrected chi connectivity index (χ2v) is 8.20. The van der Waals surface area contributed by atoms with Gasteiger partial charge >= 0.3 is 0 Å². The van der Waals surface area contributed by atoms with Crippen LogP contribution in [0.1, 0.15) is 46.3 Å². The predicted octanol–water partition coefficient (Wildman–Crippen LogP) is 3.40. The minimum absolute atomic E-state index is 0.0160. The van der Waals surface area contributed by atoms with Gasteiger partial charge in [-0.1, -0.05) is 36.8 Å². The van der Waals surface area contributed by atoms with Gasteiger partial charge in [0.1, 0.15) is 11.5 Å². The van der Waals surface area contributed by atoms with Crippen molar-refractivity contribution in [1.29, 1.82) is 0 Å². The van der Waals surface area contributed by atoms with E-state index >= 15 is 0 Å². The molecule has 0 spiro atoms. The number of piperazine rings is 1. The first-order chi connectivity index (χ1) is 14.4. The van der Waals surface area contributed by atoms with Gasteiger partial charge in [-0.2, -0.15) is 0 Å².